The Hall–Kier alpha value is -1.85. The van der Waals surface area contributed by atoms with Crippen molar-refractivity contribution in [3.63, 3.8) is 0 Å². The van der Waals surface area contributed by atoms with Crippen LogP contribution in [-0.4, -0.2) is 39.1 Å². The lowest BCUT2D eigenvalue weighted by Crippen LogP contribution is -2.33. The molecule has 20 heavy (non-hydrogen) atoms. The first-order valence-corrected chi connectivity index (χ1v) is 7.11. The molecule has 3 rings (SSSR count). The van der Waals surface area contributed by atoms with Crippen molar-refractivity contribution in [1.29, 1.82) is 0 Å². The number of nitrogens with zero attached hydrogens (tertiary/aromatic N) is 3. The van der Waals surface area contributed by atoms with E-state index in [0.29, 0.717) is 25.6 Å². The van der Waals surface area contributed by atoms with E-state index >= 15 is 0 Å². The summed E-state index contributed by atoms with van der Waals surface area (Å²) in [5.41, 5.74) is 1.91. The van der Waals surface area contributed by atoms with E-state index in [1.54, 1.807) is 4.68 Å². The van der Waals surface area contributed by atoms with Crippen LogP contribution in [0.5, 0.6) is 0 Å². The zero-order valence-corrected chi connectivity index (χ0v) is 11.9. The Bertz CT molecular complexity index is 547. The second-order valence-electron chi connectivity index (χ2n) is 5.80. The van der Waals surface area contributed by atoms with Gasteiger partial charge in [-0.1, -0.05) is 0 Å². The Morgan fingerprint density at radius 2 is 2.25 bits per heavy atom. The third kappa shape index (κ3) is 2.55. The summed E-state index contributed by atoms with van der Waals surface area (Å²) in [7, 11) is 1.86. The van der Waals surface area contributed by atoms with Crippen molar-refractivity contribution in [2.45, 2.75) is 38.8 Å². The van der Waals surface area contributed by atoms with Crippen molar-refractivity contribution in [2.24, 2.45) is 13.0 Å². The Kier molecular flexibility index (Phi) is 3.23. The summed E-state index contributed by atoms with van der Waals surface area (Å²) in [6.45, 7) is 2.97. The van der Waals surface area contributed by atoms with Crippen molar-refractivity contribution in [3.8, 4) is 0 Å². The van der Waals surface area contributed by atoms with E-state index in [9.17, 15) is 9.59 Å². The molecule has 108 valence electrons. The molecule has 6 heteroatoms. The Morgan fingerprint density at radius 1 is 1.50 bits per heavy atom. The fourth-order valence-electron chi connectivity index (χ4n) is 2.80. The van der Waals surface area contributed by atoms with Gasteiger partial charge in [-0.3, -0.25) is 14.3 Å². The SMILES string of the molecule is Cc1cc(CNC(=O)C2CC(=O)N(C3CC3)C2)n(C)n1. The summed E-state index contributed by atoms with van der Waals surface area (Å²) < 4.78 is 1.77. The number of amides is 2. The van der Waals surface area contributed by atoms with E-state index in [0.717, 1.165) is 24.2 Å². The molecule has 1 aliphatic carbocycles. The second kappa shape index (κ2) is 4.92. The number of hydrogen-bond acceptors (Lipinski definition) is 3. The fraction of sp³-hybridized carbons (Fsp3) is 0.643. The monoisotopic (exact) mass is 276 g/mol. The van der Waals surface area contributed by atoms with Gasteiger partial charge in [0.15, 0.2) is 0 Å². The predicted octanol–water partition coefficient (Wildman–Crippen LogP) is 0.356. The van der Waals surface area contributed by atoms with Crippen molar-refractivity contribution in [3.05, 3.63) is 17.5 Å². The molecule has 1 atom stereocenters. The molecule has 1 saturated carbocycles. The van der Waals surface area contributed by atoms with Gasteiger partial charge in [-0.05, 0) is 25.8 Å². The van der Waals surface area contributed by atoms with Crippen LogP contribution in [0.15, 0.2) is 6.07 Å². The van der Waals surface area contributed by atoms with Gasteiger partial charge in [0, 0.05) is 26.1 Å². The molecular weight excluding hydrogens is 256 g/mol. The highest BCUT2D eigenvalue weighted by Crippen LogP contribution is 2.32. The highest BCUT2D eigenvalue weighted by molar-refractivity contribution is 5.89. The summed E-state index contributed by atoms with van der Waals surface area (Å²) in [5, 5.41) is 7.16. The molecule has 0 aromatic carbocycles. The molecule has 1 saturated heterocycles. The number of aromatic nitrogens is 2. The molecular formula is C14H20N4O2. The molecule has 0 radical (unpaired) electrons. The zero-order chi connectivity index (χ0) is 14.3. The molecule has 2 amide bonds. The van der Waals surface area contributed by atoms with Crippen LogP contribution in [0.25, 0.3) is 0 Å². The van der Waals surface area contributed by atoms with Gasteiger partial charge in [-0.25, -0.2) is 0 Å². The molecule has 1 aliphatic heterocycles. The van der Waals surface area contributed by atoms with E-state index in [4.69, 9.17) is 0 Å². The summed E-state index contributed by atoms with van der Waals surface area (Å²) >= 11 is 0. The minimum atomic E-state index is -0.197. The maximum absolute atomic E-state index is 12.2. The highest BCUT2D eigenvalue weighted by Gasteiger charge is 2.41. The van der Waals surface area contributed by atoms with Crippen LogP contribution in [0.4, 0.5) is 0 Å². The van der Waals surface area contributed by atoms with Crippen LogP contribution in [0.1, 0.15) is 30.7 Å². The fourth-order valence-corrected chi connectivity index (χ4v) is 2.80. The number of likely N-dealkylation sites (tertiary alicyclic amines) is 1. The van der Waals surface area contributed by atoms with Gasteiger partial charge in [0.1, 0.15) is 0 Å². The average molecular weight is 276 g/mol. The second-order valence-corrected chi connectivity index (χ2v) is 5.80. The lowest BCUT2D eigenvalue weighted by atomic mass is 10.1. The first kappa shape index (κ1) is 13.1. The molecule has 0 spiro atoms. The van der Waals surface area contributed by atoms with Gasteiger partial charge in [0.2, 0.25) is 11.8 Å². The van der Waals surface area contributed by atoms with E-state index in [1.807, 2.05) is 24.9 Å². The first-order chi connectivity index (χ1) is 9.54. The number of rotatable bonds is 4. The summed E-state index contributed by atoms with van der Waals surface area (Å²) in [6, 6.07) is 2.36. The third-order valence-electron chi connectivity index (χ3n) is 4.06. The molecule has 1 aromatic rings. The molecule has 1 N–H and O–H groups in total. The molecule has 2 aliphatic rings. The molecule has 2 fully saturated rings. The van der Waals surface area contributed by atoms with Gasteiger partial charge in [0.05, 0.1) is 23.9 Å². The average Bonchev–Trinajstić information content (AvgIpc) is 3.09. The maximum atomic E-state index is 12.2. The Morgan fingerprint density at radius 3 is 2.85 bits per heavy atom. The van der Waals surface area contributed by atoms with Crippen molar-refractivity contribution in [1.82, 2.24) is 20.0 Å². The zero-order valence-electron chi connectivity index (χ0n) is 11.9. The minimum absolute atomic E-state index is 0.0275. The molecule has 2 heterocycles. The number of carbonyl (C=O) groups is 2. The summed E-state index contributed by atoms with van der Waals surface area (Å²) in [6.07, 6.45) is 2.54. The van der Waals surface area contributed by atoms with E-state index in [2.05, 4.69) is 10.4 Å². The molecule has 6 nitrogen and oxygen atoms in total. The lowest BCUT2D eigenvalue weighted by Gasteiger charge is -2.15. The molecule has 1 unspecified atom stereocenters. The van der Waals surface area contributed by atoms with Crippen LogP contribution < -0.4 is 5.32 Å². The number of aryl methyl sites for hydroxylation is 2. The summed E-state index contributed by atoms with van der Waals surface area (Å²) in [4.78, 5) is 25.9. The van der Waals surface area contributed by atoms with Crippen molar-refractivity contribution < 1.29 is 9.59 Å². The van der Waals surface area contributed by atoms with Gasteiger partial charge in [0.25, 0.3) is 0 Å². The molecule has 0 bridgehead atoms. The van der Waals surface area contributed by atoms with Gasteiger partial charge in [-0.15, -0.1) is 0 Å². The van der Waals surface area contributed by atoms with E-state index < -0.39 is 0 Å². The van der Waals surface area contributed by atoms with Crippen LogP contribution in [0.3, 0.4) is 0 Å². The Labute approximate surface area is 118 Å². The minimum Gasteiger partial charge on any atom is -0.350 e. The van der Waals surface area contributed by atoms with Crippen molar-refractivity contribution >= 4 is 11.8 Å². The van der Waals surface area contributed by atoms with E-state index in [1.165, 1.54) is 0 Å². The number of nitrogens with one attached hydrogen (secondary N) is 1. The Balaban J connectivity index is 1.54. The van der Waals surface area contributed by atoms with Crippen molar-refractivity contribution in [2.75, 3.05) is 6.54 Å². The van der Waals surface area contributed by atoms with Gasteiger partial charge < -0.3 is 10.2 Å². The largest absolute Gasteiger partial charge is 0.350 e. The number of hydrogen-bond donors (Lipinski definition) is 1. The normalized spacial score (nSPS) is 22.4. The first-order valence-electron chi connectivity index (χ1n) is 7.11. The van der Waals surface area contributed by atoms with Crippen LogP contribution in [0, 0.1) is 12.8 Å². The van der Waals surface area contributed by atoms with Crippen LogP contribution >= 0.6 is 0 Å². The van der Waals surface area contributed by atoms with Crippen LogP contribution in [0.2, 0.25) is 0 Å². The summed E-state index contributed by atoms with van der Waals surface area (Å²) in [5.74, 6) is -0.0956. The lowest BCUT2D eigenvalue weighted by molar-refractivity contribution is -0.129. The topological polar surface area (TPSA) is 67.2 Å². The van der Waals surface area contributed by atoms with Crippen LogP contribution in [-0.2, 0) is 23.2 Å². The van der Waals surface area contributed by atoms with E-state index in [-0.39, 0.29) is 17.7 Å². The standard InChI is InChI=1S/C14H20N4O2/c1-9-5-12(17(2)16-9)7-15-14(20)10-6-13(19)18(8-10)11-3-4-11/h5,10-11H,3-4,6-8H2,1-2H3,(H,15,20). The maximum Gasteiger partial charge on any atom is 0.225 e. The quantitative estimate of drug-likeness (QED) is 0.863. The highest BCUT2D eigenvalue weighted by atomic mass is 16.2. The predicted molar refractivity (Wildman–Crippen MR) is 72.6 cm³/mol. The molecule has 1 aromatic heterocycles. The number of carbonyl (C=O) groups excluding carboxylic acids is 2. The third-order valence-corrected chi connectivity index (χ3v) is 4.06. The van der Waals surface area contributed by atoms with Gasteiger partial charge >= 0.3 is 0 Å². The smallest absolute Gasteiger partial charge is 0.225 e. The van der Waals surface area contributed by atoms with Gasteiger partial charge in [-0.2, -0.15) is 5.10 Å².